The van der Waals surface area contributed by atoms with Crippen molar-refractivity contribution in [2.75, 3.05) is 7.11 Å². The van der Waals surface area contributed by atoms with E-state index in [-0.39, 0.29) is 0 Å². The molecule has 0 radical (unpaired) electrons. The van der Waals surface area contributed by atoms with Gasteiger partial charge in [-0.2, -0.15) is 0 Å². The molecule has 3 rings (SSSR count). The molecule has 96 valence electrons. The highest BCUT2D eigenvalue weighted by molar-refractivity contribution is 5.91. The van der Waals surface area contributed by atoms with Crippen molar-refractivity contribution >= 4 is 10.9 Å². The van der Waals surface area contributed by atoms with Crippen LogP contribution in [0.1, 0.15) is 11.3 Å². The molecule has 0 saturated carbocycles. The number of rotatable bonds is 2. The Kier molecular flexibility index (Phi) is 2.71. The summed E-state index contributed by atoms with van der Waals surface area (Å²) >= 11 is 0. The summed E-state index contributed by atoms with van der Waals surface area (Å²) < 4.78 is 11.1. The number of aryl methyl sites for hydroxylation is 2. The summed E-state index contributed by atoms with van der Waals surface area (Å²) in [6.07, 6.45) is 3.43. The molecule has 0 bridgehead atoms. The predicted molar refractivity (Wildman–Crippen MR) is 73.3 cm³/mol. The lowest BCUT2D eigenvalue weighted by Gasteiger charge is -2.09. The van der Waals surface area contributed by atoms with Crippen LogP contribution < -0.4 is 4.74 Å². The number of benzene rings is 1. The molecular formula is C15H14N2O2. The smallest absolute Gasteiger partial charge is 0.231 e. The zero-order valence-electron chi connectivity index (χ0n) is 11.1. The Bertz CT molecular complexity index is 747. The summed E-state index contributed by atoms with van der Waals surface area (Å²) in [5, 5.41) is 0.968. The fourth-order valence-corrected chi connectivity index (χ4v) is 2.13. The monoisotopic (exact) mass is 254 g/mol. The molecule has 0 saturated heterocycles. The molecule has 0 fully saturated rings. The Morgan fingerprint density at radius 2 is 1.95 bits per heavy atom. The van der Waals surface area contributed by atoms with Crippen molar-refractivity contribution < 1.29 is 9.15 Å². The van der Waals surface area contributed by atoms with Crippen molar-refractivity contribution in [2.24, 2.45) is 0 Å². The van der Waals surface area contributed by atoms with Gasteiger partial charge in [0.25, 0.3) is 0 Å². The lowest BCUT2D eigenvalue weighted by atomic mass is 10.1. The first kappa shape index (κ1) is 11.7. The SMILES string of the molecule is COc1c(-c2ncc(C)o2)cnc2ccc(C)cc12. The van der Waals surface area contributed by atoms with Crippen molar-refractivity contribution in [3.8, 4) is 17.2 Å². The Labute approximate surface area is 111 Å². The summed E-state index contributed by atoms with van der Waals surface area (Å²) in [6.45, 7) is 3.91. The van der Waals surface area contributed by atoms with Gasteiger partial charge in [0.2, 0.25) is 5.89 Å². The molecule has 2 aromatic heterocycles. The summed E-state index contributed by atoms with van der Waals surface area (Å²) in [4.78, 5) is 8.67. The Hall–Kier alpha value is -2.36. The van der Waals surface area contributed by atoms with E-state index in [0.717, 1.165) is 33.5 Å². The lowest BCUT2D eigenvalue weighted by Crippen LogP contribution is -1.92. The van der Waals surface area contributed by atoms with Gasteiger partial charge in [0.15, 0.2) is 0 Å². The van der Waals surface area contributed by atoms with Crippen LogP contribution in [0.4, 0.5) is 0 Å². The molecule has 0 aliphatic rings. The van der Waals surface area contributed by atoms with Crippen LogP contribution in [0.3, 0.4) is 0 Å². The van der Waals surface area contributed by atoms with Gasteiger partial charge >= 0.3 is 0 Å². The molecule has 4 nitrogen and oxygen atoms in total. The molecule has 3 aromatic rings. The number of aromatic nitrogens is 2. The first-order valence-corrected chi connectivity index (χ1v) is 6.05. The quantitative estimate of drug-likeness (QED) is 0.702. The summed E-state index contributed by atoms with van der Waals surface area (Å²) in [5.74, 6) is 2.04. The maximum absolute atomic E-state index is 5.56. The second-order valence-electron chi connectivity index (χ2n) is 4.50. The zero-order chi connectivity index (χ0) is 13.4. The highest BCUT2D eigenvalue weighted by Gasteiger charge is 2.15. The highest BCUT2D eigenvalue weighted by atomic mass is 16.5. The van der Waals surface area contributed by atoms with E-state index in [9.17, 15) is 0 Å². The standard InChI is InChI=1S/C15H14N2O2/c1-9-4-5-13-11(6-9)14(18-3)12(8-16-13)15-17-7-10(2)19-15/h4-8H,1-3H3. The predicted octanol–water partition coefficient (Wildman–Crippen LogP) is 3.52. The van der Waals surface area contributed by atoms with Gasteiger partial charge in [0.1, 0.15) is 11.5 Å². The third-order valence-electron chi connectivity index (χ3n) is 3.03. The van der Waals surface area contributed by atoms with Crippen LogP contribution >= 0.6 is 0 Å². The van der Waals surface area contributed by atoms with Crippen LogP contribution in [0.25, 0.3) is 22.4 Å². The van der Waals surface area contributed by atoms with Gasteiger partial charge in [-0.05, 0) is 26.0 Å². The molecule has 1 aromatic carbocycles. The molecular weight excluding hydrogens is 240 g/mol. The topological polar surface area (TPSA) is 48.2 Å². The number of pyridine rings is 1. The van der Waals surface area contributed by atoms with Crippen LogP contribution in [-0.2, 0) is 0 Å². The number of fused-ring (bicyclic) bond motifs is 1. The molecule has 0 aliphatic heterocycles. The fourth-order valence-electron chi connectivity index (χ4n) is 2.13. The number of hydrogen-bond acceptors (Lipinski definition) is 4. The molecule has 0 spiro atoms. The van der Waals surface area contributed by atoms with E-state index in [1.807, 2.05) is 26.0 Å². The largest absolute Gasteiger partial charge is 0.495 e. The van der Waals surface area contributed by atoms with Crippen LogP contribution in [0, 0.1) is 13.8 Å². The van der Waals surface area contributed by atoms with Crippen LogP contribution in [0.5, 0.6) is 5.75 Å². The van der Waals surface area contributed by atoms with Crippen LogP contribution in [0.15, 0.2) is 35.0 Å². The van der Waals surface area contributed by atoms with Crippen molar-refractivity contribution in [3.63, 3.8) is 0 Å². The minimum absolute atomic E-state index is 0.533. The minimum Gasteiger partial charge on any atom is -0.495 e. The van der Waals surface area contributed by atoms with Gasteiger partial charge in [-0.1, -0.05) is 11.6 Å². The second-order valence-corrected chi connectivity index (χ2v) is 4.50. The summed E-state index contributed by atoms with van der Waals surface area (Å²) in [5.41, 5.74) is 2.83. The van der Waals surface area contributed by atoms with Crippen molar-refractivity contribution in [2.45, 2.75) is 13.8 Å². The first-order valence-electron chi connectivity index (χ1n) is 6.05. The van der Waals surface area contributed by atoms with Gasteiger partial charge in [-0.25, -0.2) is 4.98 Å². The number of nitrogens with zero attached hydrogens (tertiary/aromatic N) is 2. The maximum atomic E-state index is 5.56. The van der Waals surface area contributed by atoms with Crippen molar-refractivity contribution in [3.05, 3.63) is 41.9 Å². The molecule has 0 atom stereocenters. The molecule has 4 heteroatoms. The number of methoxy groups -OCH3 is 1. The van der Waals surface area contributed by atoms with Gasteiger partial charge in [0.05, 0.1) is 24.4 Å². The highest BCUT2D eigenvalue weighted by Crippen LogP contribution is 2.35. The third-order valence-corrected chi connectivity index (χ3v) is 3.03. The molecule has 2 heterocycles. The Balaban J connectivity index is 2.31. The van der Waals surface area contributed by atoms with Crippen LogP contribution in [-0.4, -0.2) is 17.1 Å². The third kappa shape index (κ3) is 1.95. The number of ether oxygens (including phenoxy) is 1. The van der Waals surface area contributed by atoms with E-state index in [1.54, 1.807) is 19.5 Å². The number of hydrogen-bond donors (Lipinski definition) is 0. The maximum Gasteiger partial charge on any atom is 0.231 e. The average Bonchev–Trinajstić information content (AvgIpc) is 2.83. The van der Waals surface area contributed by atoms with E-state index in [1.165, 1.54) is 0 Å². The summed E-state index contributed by atoms with van der Waals surface area (Å²) in [7, 11) is 1.65. The molecule has 0 amide bonds. The van der Waals surface area contributed by atoms with E-state index < -0.39 is 0 Å². The van der Waals surface area contributed by atoms with Gasteiger partial charge in [-0.15, -0.1) is 0 Å². The van der Waals surface area contributed by atoms with E-state index >= 15 is 0 Å². The molecule has 0 aliphatic carbocycles. The van der Waals surface area contributed by atoms with Crippen LogP contribution in [0.2, 0.25) is 0 Å². The Morgan fingerprint density at radius 3 is 2.63 bits per heavy atom. The van der Waals surface area contributed by atoms with Crippen molar-refractivity contribution in [1.29, 1.82) is 0 Å². The molecule has 19 heavy (non-hydrogen) atoms. The summed E-state index contributed by atoms with van der Waals surface area (Å²) in [6, 6.07) is 6.07. The number of oxazole rings is 1. The lowest BCUT2D eigenvalue weighted by molar-refractivity contribution is 0.418. The Morgan fingerprint density at radius 1 is 1.11 bits per heavy atom. The molecule has 0 unspecified atom stereocenters. The molecule has 0 N–H and O–H groups in total. The van der Waals surface area contributed by atoms with Gasteiger partial charge in [-0.3, -0.25) is 4.98 Å². The van der Waals surface area contributed by atoms with Gasteiger partial charge in [0, 0.05) is 11.6 Å². The van der Waals surface area contributed by atoms with E-state index in [2.05, 4.69) is 16.0 Å². The average molecular weight is 254 g/mol. The van der Waals surface area contributed by atoms with E-state index in [4.69, 9.17) is 9.15 Å². The zero-order valence-corrected chi connectivity index (χ0v) is 11.1. The minimum atomic E-state index is 0.533. The second kappa shape index (κ2) is 4.39. The van der Waals surface area contributed by atoms with E-state index in [0.29, 0.717) is 5.89 Å². The van der Waals surface area contributed by atoms with Gasteiger partial charge < -0.3 is 9.15 Å². The normalized spacial score (nSPS) is 10.9. The van der Waals surface area contributed by atoms with Crippen molar-refractivity contribution in [1.82, 2.24) is 9.97 Å². The fraction of sp³-hybridized carbons (Fsp3) is 0.200. The first-order chi connectivity index (χ1) is 9.19.